The van der Waals surface area contributed by atoms with Crippen LogP contribution in [-0.4, -0.2) is 38.2 Å². The summed E-state index contributed by atoms with van der Waals surface area (Å²) in [5.41, 5.74) is 3.61. The van der Waals surface area contributed by atoms with Gasteiger partial charge in [0.25, 0.3) is 5.91 Å². The summed E-state index contributed by atoms with van der Waals surface area (Å²) in [4.78, 5) is 17.3. The molecular formula is C22H27N3O3. The molecule has 2 aromatic carbocycles. The van der Waals surface area contributed by atoms with Crippen molar-refractivity contribution < 1.29 is 14.3 Å². The third-order valence-electron chi connectivity index (χ3n) is 4.81. The maximum atomic E-state index is 12.7. The molecule has 1 atom stereocenters. The first-order valence-corrected chi connectivity index (χ1v) is 9.51. The molecule has 0 aromatic heterocycles. The Bertz CT molecular complexity index is 858. The minimum atomic E-state index is -0.204. The number of methoxy groups -OCH3 is 1. The van der Waals surface area contributed by atoms with Gasteiger partial charge in [0.2, 0.25) is 5.96 Å². The van der Waals surface area contributed by atoms with Gasteiger partial charge in [0.05, 0.1) is 19.8 Å². The first kappa shape index (κ1) is 19.9. The molecule has 1 fully saturated rings. The smallest absolute Gasteiger partial charge is 0.257 e. The molecule has 6 heteroatoms. The molecule has 28 heavy (non-hydrogen) atoms. The van der Waals surface area contributed by atoms with E-state index in [0.717, 1.165) is 42.0 Å². The molecule has 1 amide bonds. The number of nitrogens with zero attached hydrogens (tertiary/aromatic N) is 1. The van der Waals surface area contributed by atoms with Crippen molar-refractivity contribution in [1.29, 1.82) is 0 Å². The summed E-state index contributed by atoms with van der Waals surface area (Å²) < 4.78 is 10.9. The summed E-state index contributed by atoms with van der Waals surface area (Å²) in [6.07, 6.45) is 2.13. The molecule has 0 bridgehead atoms. The highest BCUT2D eigenvalue weighted by atomic mass is 16.5. The van der Waals surface area contributed by atoms with E-state index in [1.165, 1.54) is 0 Å². The third-order valence-corrected chi connectivity index (χ3v) is 4.81. The van der Waals surface area contributed by atoms with Gasteiger partial charge in [-0.1, -0.05) is 12.1 Å². The van der Waals surface area contributed by atoms with Crippen LogP contribution in [-0.2, 0) is 4.74 Å². The minimum Gasteiger partial charge on any atom is -0.497 e. The Kier molecular flexibility index (Phi) is 6.66. The zero-order valence-corrected chi connectivity index (χ0v) is 16.6. The maximum Gasteiger partial charge on any atom is 0.257 e. The molecule has 0 spiro atoms. The molecule has 2 aromatic rings. The van der Waals surface area contributed by atoms with Gasteiger partial charge in [-0.25, -0.2) is 4.99 Å². The molecule has 0 unspecified atom stereocenters. The van der Waals surface area contributed by atoms with Crippen molar-refractivity contribution in [3.05, 3.63) is 59.2 Å². The number of amides is 1. The van der Waals surface area contributed by atoms with E-state index in [2.05, 4.69) is 15.6 Å². The van der Waals surface area contributed by atoms with Crippen LogP contribution in [0.3, 0.4) is 0 Å². The number of rotatable bonds is 5. The Labute approximate surface area is 166 Å². The monoisotopic (exact) mass is 381 g/mol. The molecule has 3 rings (SSSR count). The number of hydrogen-bond acceptors (Lipinski definition) is 4. The summed E-state index contributed by atoms with van der Waals surface area (Å²) in [7, 11) is 1.62. The van der Waals surface area contributed by atoms with Gasteiger partial charge >= 0.3 is 0 Å². The Hall–Kier alpha value is -2.86. The van der Waals surface area contributed by atoms with Crippen LogP contribution in [0, 0.1) is 13.8 Å². The Balaban J connectivity index is 1.76. The highest BCUT2D eigenvalue weighted by molar-refractivity contribution is 6.10. The number of carbonyl (C=O) groups is 1. The third kappa shape index (κ3) is 5.33. The fourth-order valence-electron chi connectivity index (χ4n) is 2.99. The second-order valence-corrected chi connectivity index (χ2v) is 6.93. The number of hydrogen-bond donors (Lipinski definition) is 2. The zero-order valence-electron chi connectivity index (χ0n) is 16.6. The van der Waals surface area contributed by atoms with Crippen LogP contribution in [0.4, 0.5) is 5.69 Å². The number of aryl methyl sites for hydroxylation is 2. The van der Waals surface area contributed by atoms with Gasteiger partial charge in [0.15, 0.2) is 0 Å². The van der Waals surface area contributed by atoms with Gasteiger partial charge in [-0.15, -0.1) is 0 Å². The SMILES string of the molecule is COc1cccc(NC(=NC[C@H]2CCCO2)NC(=O)c2ccc(C)c(C)c2)c1. The van der Waals surface area contributed by atoms with Gasteiger partial charge in [-0.05, 0) is 62.1 Å². The Morgan fingerprint density at radius 3 is 2.79 bits per heavy atom. The molecule has 1 heterocycles. The van der Waals surface area contributed by atoms with E-state index in [1.807, 2.05) is 56.3 Å². The van der Waals surface area contributed by atoms with Gasteiger partial charge < -0.3 is 14.8 Å². The van der Waals surface area contributed by atoms with Crippen LogP contribution in [0.2, 0.25) is 0 Å². The molecule has 6 nitrogen and oxygen atoms in total. The van der Waals surface area contributed by atoms with Crippen molar-refractivity contribution in [2.75, 3.05) is 25.6 Å². The molecular weight excluding hydrogens is 354 g/mol. The van der Waals surface area contributed by atoms with E-state index in [0.29, 0.717) is 18.1 Å². The number of guanidine groups is 1. The maximum absolute atomic E-state index is 12.7. The van der Waals surface area contributed by atoms with E-state index in [-0.39, 0.29) is 12.0 Å². The summed E-state index contributed by atoms with van der Waals surface area (Å²) in [5, 5.41) is 6.08. The molecule has 1 aliphatic heterocycles. The summed E-state index contributed by atoms with van der Waals surface area (Å²) >= 11 is 0. The molecule has 148 valence electrons. The minimum absolute atomic E-state index is 0.0978. The van der Waals surface area contributed by atoms with Crippen molar-refractivity contribution in [3.63, 3.8) is 0 Å². The molecule has 1 aliphatic rings. The largest absolute Gasteiger partial charge is 0.497 e. The lowest BCUT2D eigenvalue weighted by Crippen LogP contribution is -2.36. The second-order valence-electron chi connectivity index (χ2n) is 6.93. The number of carbonyl (C=O) groups excluding carboxylic acids is 1. The van der Waals surface area contributed by atoms with E-state index < -0.39 is 0 Å². The zero-order chi connectivity index (χ0) is 19.9. The predicted octanol–water partition coefficient (Wildman–Crippen LogP) is 3.69. The average molecular weight is 381 g/mol. The van der Waals surface area contributed by atoms with Crippen LogP contribution < -0.4 is 15.4 Å². The summed E-state index contributed by atoms with van der Waals surface area (Å²) in [6, 6.07) is 13.1. The normalized spacial score (nSPS) is 16.7. The van der Waals surface area contributed by atoms with Crippen LogP contribution >= 0.6 is 0 Å². The lowest BCUT2D eigenvalue weighted by Gasteiger charge is -2.14. The molecule has 1 saturated heterocycles. The van der Waals surface area contributed by atoms with Crippen molar-refractivity contribution >= 4 is 17.6 Å². The number of aliphatic imine (C=N–C) groups is 1. The van der Waals surface area contributed by atoms with E-state index >= 15 is 0 Å². The van der Waals surface area contributed by atoms with E-state index in [9.17, 15) is 4.79 Å². The molecule has 2 N–H and O–H groups in total. The average Bonchev–Trinajstić information content (AvgIpc) is 3.22. The standard InChI is InChI=1S/C22H27N3O3/c1-15-9-10-17(12-16(15)2)21(26)25-22(23-14-20-8-5-11-28-20)24-18-6-4-7-19(13-18)27-3/h4,6-7,9-10,12-13,20H,5,8,11,14H2,1-3H3,(H2,23,24,25,26)/t20-/m1/s1. The predicted molar refractivity (Wildman–Crippen MR) is 111 cm³/mol. The van der Waals surface area contributed by atoms with Crippen molar-refractivity contribution in [1.82, 2.24) is 5.32 Å². The van der Waals surface area contributed by atoms with Gasteiger partial charge in [0.1, 0.15) is 5.75 Å². The van der Waals surface area contributed by atoms with Crippen molar-refractivity contribution in [2.45, 2.75) is 32.8 Å². The van der Waals surface area contributed by atoms with Crippen LogP contribution in [0.25, 0.3) is 0 Å². The summed E-state index contributed by atoms with van der Waals surface area (Å²) in [5.74, 6) is 0.917. The number of anilines is 1. The number of benzene rings is 2. The Morgan fingerprint density at radius 2 is 2.07 bits per heavy atom. The first-order valence-electron chi connectivity index (χ1n) is 9.51. The lowest BCUT2D eigenvalue weighted by molar-refractivity contribution is 0.0975. The van der Waals surface area contributed by atoms with Crippen LogP contribution in [0.5, 0.6) is 5.75 Å². The highest BCUT2D eigenvalue weighted by Crippen LogP contribution is 2.17. The number of ether oxygens (including phenoxy) is 2. The quantitative estimate of drug-likeness (QED) is 0.612. The lowest BCUT2D eigenvalue weighted by atomic mass is 10.1. The topological polar surface area (TPSA) is 71.9 Å². The van der Waals surface area contributed by atoms with Crippen LogP contribution in [0.1, 0.15) is 34.3 Å². The van der Waals surface area contributed by atoms with Gasteiger partial charge in [-0.3, -0.25) is 10.1 Å². The van der Waals surface area contributed by atoms with Gasteiger partial charge in [0, 0.05) is 23.9 Å². The van der Waals surface area contributed by atoms with Crippen LogP contribution in [0.15, 0.2) is 47.5 Å². The van der Waals surface area contributed by atoms with E-state index in [1.54, 1.807) is 7.11 Å². The van der Waals surface area contributed by atoms with Crippen molar-refractivity contribution in [3.8, 4) is 5.75 Å². The first-order chi connectivity index (χ1) is 13.5. The van der Waals surface area contributed by atoms with E-state index in [4.69, 9.17) is 9.47 Å². The molecule has 0 saturated carbocycles. The molecule has 0 radical (unpaired) electrons. The fourth-order valence-corrected chi connectivity index (χ4v) is 2.99. The number of nitrogens with one attached hydrogen (secondary N) is 2. The second kappa shape index (κ2) is 9.37. The Morgan fingerprint density at radius 1 is 1.21 bits per heavy atom. The highest BCUT2D eigenvalue weighted by Gasteiger charge is 2.16. The van der Waals surface area contributed by atoms with Crippen molar-refractivity contribution in [2.24, 2.45) is 4.99 Å². The summed E-state index contributed by atoms with van der Waals surface area (Å²) in [6.45, 7) is 5.29. The fraction of sp³-hybridized carbons (Fsp3) is 0.364. The molecule has 0 aliphatic carbocycles. The van der Waals surface area contributed by atoms with Gasteiger partial charge in [-0.2, -0.15) is 0 Å².